The number of hydrogen-bond acceptors (Lipinski definition) is 7. The number of unbranched alkanes of at least 4 members (excludes halogenated alkanes) is 1. The lowest BCUT2D eigenvalue weighted by Crippen LogP contribution is -1.96. The molecule has 4 aromatic rings. The summed E-state index contributed by atoms with van der Waals surface area (Å²) in [4.78, 5) is 9.34. The van der Waals surface area contributed by atoms with Crippen LogP contribution in [0.1, 0.15) is 56.4 Å². The molecule has 0 aliphatic heterocycles. The van der Waals surface area contributed by atoms with E-state index in [1.165, 1.54) is 25.7 Å². The molecule has 30 heavy (non-hydrogen) atoms. The molecule has 0 atom stereocenters. The number of fused-ring (bicyclic) bond motifs is 1. The van der Waals surface area contributed by atoms with E-state index in [1.807, 2.05) is 29.2 Å². The van der Waals surface area contributed by atoms with Gasteiger partial charge in [-0.25, -0.2) is 4.98 Å². The summed E-state index contributed by atoms with van der Waals surface area (Å²) in [6, 6.07) is 5.99. The number of aryl methyl sites for hydroxylation is 1. The van der Waals surface area contributed by atoms with E-state index in [9.17, 15) is 0 Å². The maximum atomic E-state index is 4.76. The molecule has 0 radical (unpaired) electrons. The third-order valence-electron chi connectivity index (χ3n) is 5.62. The fourth-order valence-electron chi connectivity index (χ4n) is 3.92. The van der Waals surface area contributed by atoms with Crippen molar-refractivity contribution in [3.8, 4) is 11.1 Å². The molecule has 0 bridgehead atoms. The average Bonchev–Trinajstić information content (AvgIpc) is 3.53. The van der Waals surface area contributed by atoms with Crippen LogP contribution < -0.4 is 5.32 Å². The Morgan fingerprint density at radius 3 is 2.87 bits per heavy atom. The predicted molar refractivity (Wildman–Crippen MR) is 120 cm³/mol. The summed E-state index contributed by atoms with van der Waals surface area (Å²) >= 11 is 1.64. The Hall–Kier alpha value is -2.87. The van der Waals surface area contributed by atoms with E-state index >= 15 is 0 Å². The molecule has 0 aromatic carbocycles. The number of nitrogens with one attached hydrogen (secondary N) is 1. The molecule has 7 nitrogen and oxygen atoms in total. The van der Waals surface area contributed by atoms with Crippen LogP contribution in [0.2, 0.25) is 0 Å². The normalized spacial score (nSPS) is 14.6. The van der Waals surface area contributed by atoms with Crippen LogP contribution in [-0.2, 0) is 6.54 Å². The molecule has 1 aliphatic carbocycles. The van der Waals surface area contributed by atoms with Crippen LogP contribution in [0, 0.1) is 0 Å². The summed E-state index contributed by atoms with van der Waals surface area (Å²) < 4.78 is 1.99. The van der Waals surface area contributed by atoms with Gasteiger partial charge in [0.05, 0.1) is 17.2 Å². The molecular weight excluding hydrogens is 394 g/mol. The SMILES string of the molecule is CCCCn1cc(-c2cnc3ccc(Nc4nnc(C5CCCC5)s4)nc3c2)cn1. The largest absolute Gasteiger partial charge is 0.315 e. The Kier molecular flexibility index (Phi) is 5.40. The second kappa shape index (κ2) is 8.47. The zero-order valence-electron chi connectivity index (χ0n) is 17.1. The van der Waals surface area contributed by atoms with Crippen molar-refractivity contribution in [1.29, 1.82) is 0 Å². The summed E-state index contributed by atoms with van der Waals surface area (Å²) in [5, 5.41) is 18.4. The number of anilines is 2. The van der Waals surface area contributed by atoms with Gasteiger partial charge in [0.2, 0.25) is 5.13 Å². The standard InChI is InChI=1S/C22H25N7S/c1-2-3-10-29-14-17(13-24-29)16-11-19-18(23-12-16)8-9-20(25-19)26-22-28-27-21(30-22)15-6-4-5-7-15/h8-9,11-15H,2-7,10H2,1H3,(H,25,26,28). The first kappa shape index (κ1) is 19.1. The number of aromatic nitrogens is 6. The zero-order chi connectivity index (χ0) is 20.3. The molecule has 0 spiro atoms. The van der Waals surface area contributed by atoms with Crippen LogP contribution in [-0.4, -0.2) is 29.9 Å². The third kappa shape index (κ3) is 4.05. The Balaban J connectivity index is 1.36. The number of rotatable bonds is 7. The molecule has 1 N–H and O–H groups in total. The van der Waals surface area contributed by atoms with Crippen LogP contribution in [0.5, 0.6) is 0 Å². The van der Waals surface area contributed by atoms with Gasteiger partial charge in [-0.3, -0.25) is 9.67 Å². The van der Waals surface area contributed by atoms with Crippen molar-refractivity contribution in [1.82, 2.24) is 29.9 Å². The highest BCUT2D eigenvalue weighted by Crippen LogP contribution is 2.37. The topological polar surface area (TPSA) is 81.4 Å². The highest BCUT2D eigenvalue weighted by Gasteiger charge is 2.21. The van der Waals surface area contributed by atoms with Gasteiger partial charge in [0.15, 0.2) is 0 Å². The Labute approximate surface area is 179 Å². The van der Waals surface area contributed by atoms with Crippen LogP contribution >= 0.6 is 11.3 Å². The Morgan fingerprint density at radius 1 is 1.10 bits per heavy atom. The van der Waals surface area contributed by atoms with Crippen LogP contribution in [0.25, 0.3) is 22.2 Å². The van der Waals surface area contributed by atoms with Gasteiger partial charge >= 0.3 is 0 Å². The second-order valence-electron chi connectivity index (χ2n) is 7.86. The number of pyridine rings is 2. The predicted octanol–water partition coefficient (Wildman–Crippen LogP) is 5.55. The van der Waals surface area contributed by atoms with Crippen molar-refractivity contribution < 1.29 is 0 Å². The van der Waals surface area contributed by atoms with Gasteiger partial charge in [0.25, 0.3) is 0 Å². The van der Waals surface area contributed by atoms with Gasteiger partial charge in [-0.15, -0.1) is 10.2 Å². The summed E-state index contributed by atoms with van der Waals surface area (Å²) in [6.07, 6.45) is 13.2. The van der Waals surface area contributed by atoms with Gasteiger partial charge in [-0.05, 0) is 37.5 Å². The average molecular weight is 420 g/mol. The van der Waals surface area contributed by atoms with E-state index in [2.05, 4.69) is 44.8 Å². The molecule has 4 heterocycles. The van der Waals surface area contributed by atoms with Crippen molar-refractivity contribution in [2.75, 3.05) is 5.32 Å². The second-order valence-corrected chi connectivity index (χ2v) is 8.87. The first-order chi connectivity index (χ1) is 14.8. The van der Waals surface area contributed by atoms with E-state index < -0.39 is 0 Å². The molecule has 1 aliphatic rings. The van der Waals surface area contributed by atoms with Crippen molar-refractivity contribution in [3.05, 3.63) is 41.8 Å². The van der Waals surface area contributed by atoms with Gasteiger partial charge < -0.3 is 5.32 Å². The molecule has 1 saturated carbocycles. The highest BCUT2D eigenvalue weighted by molar-refractivity contribution is 7.15. The van der Waals surface area contributed by atoms with E-state index in [-0.39, 0.29) is 0 Å². The quantitative estimate of drug-likeness (QED) is 0.423. The smallest absolute Gasteiger partial charge is 0.211 e. The minimum absolute atomic E-state index is 0.576. The molecule has 4 aromatic heterocycles. The van der Waals surface area contributed by atoms with Crippen LogP contribution in [0.15, 0.2) is 36.8 Å². The van der Waals surface area contributed by atoms with Crippen molar-refractivity contribution in [2.45, 2.75) is 57.9 Å². The Morgan fingerprint density at radius 2 is 2.00 bits per heavy atom. The van der Waals surface area contributed by atoms with Crippen LogP contribution in [0.4, 0.5) is 10.9 Å². The molecule has 1 fully saturated rings. The lowest BCUT2D eigenvalue weighted by Gasteiger charge is -2.05. The molecule has 8 heteroatoms. The van der Waals surface area contributed by atoms with Gasteiger partial charge in [0, 0.05) is 36.0 Å². The fourth-order valence-corrected chi connectivity index (χ4v) is 4.84. The molecule has 5 rings (SSSR count). The Bertz CT molecular complexity index is 1140. The van der Waals surface area contributed by atoms with Crippen molar-refractivity contribution >= 4 is 33.3 Å². The van der Waals surface area contributed by atoms with Gasteiger partial charge in [-0.1, -0.05) is 37.5 Å². The first-order valence-corrected chi connectivity index (χ1v) is 11.5. The maximum absolute atomic E-state index is 4.76. The fraction of sp³-hybridized carbons (Fsp3) is 0.409. The maximum Gasteiger partial charge on any atom is 0.211 e. The van der Waals surface area contributed by atoms with Crippen molar-refractivity contribution in [2.24, 2.45) is 0 Å². The highest BCUT2D eigenvalue weighted by atomic mass is 32.1. The van der Waals surface area contributed by atoms with E-state index in [1.54, 1.807) is 11.3 Å². The van der Waals surface area contributed by atoms with E-state index in [0.29, 0.717) is 5.92 Å². The lowest BCUT2D eigenvalue weighted by atomic mass is 10.1. The lowest BCUT2D eigenvalue weighted by molar-refractivity contribution is 0.572. The molecule has 0 amide bonds. The first-order valence-electron chi connectivity index (χ1n) is 10.7. The summed E-state index contributed by atoms with van der Waals surface area (Å²) in [7, 11) is 0. The molecule has 0 saturated heterocycles. The summed E-state index contributed by atoms with van der Waals surface area (Å²) in [6.45, 7) is 3.13. The minimum atomic E-state index is 0.576. The number of hydrogen-bond donors (Lipinski definition) is 1. The van der Waals surface area contributed by atoms with Crippen molar-refractivity contribution in [3.63, 3.8) is 0 Å². The summed E-state index contributed by atoms with van der Waals surface area (Å²) in [5.41, 5.74) is 3.80. The third-order valence-corrected chi connectivity index (χ3v) is 6.63. The number of nitrogens with zero attached hydrogens (tertiary/aromatic N) is 6. The van der Waals surface area contributed by atoms with Crippen LogP contribution in [0.3, 0.4) is 0 Å². The molecule has 154 valence electrons. The van der Waals surface area contributed by atoms with E-state index in [4.69, 9.17) is 4.98 Å². The minimum Gasteiger partial charge on any atom is -0.315 e. The summed E-state index contributed by atoms with van der Waals surface area (Å²) in [5.74, 6) is 1.34. The monoisotopic (exact) mass is 419 g/mol. The molecular formula is C22H25N7S. The van der Waals surface area contributed by atoms with Gasteiger partial charge in [0.1, 0.15) is 10.8 Å². The molecule has 0 unspecified atom stereocenters. The van der Waals surface area contributed by atoms with Gasteiger partial charge in [-0.2, -0.15) is 5.10 Å². The zero-order valence-corrected chi connectivity index (χ0v) is 17.9. The van der Waals surface area contributed by atoms with E-state index in [0.717, 1.165) is 57.5 Å².